The zero-order valence-corrected chi connectivity index (χ0v) is 9.78. The second kappa shape index (κ2) is 5.01. The van der Waals surface area contributed by atoms with Gasteiger partial charge in [0.1, 0.15) is 5.82 Å². The minimum Gasteiger partial charge on any atom is -0.478 e. The Balaban J connectivity index is 2.25. The van der Waals surface area contributed by atoms with Crippen molar-refractivity contribution >= 4 is 28.9 Å². The fourth-order valence-corrected chi connectivity index (χ4v) is 1.55. The topological polar surface area (TPSA) is 62.2 Å². The number of hydrogen-bond donors (Lipinski definition) is 2. The summed E-state index contributed by atoms with van der Waals surface area (Å²) in [4.78, 5) is 14.6. The molecule has 4 nitrogen and oxygen atoms in total. The van der Waals surface area contributed by atoms with Crippen molar-refractivity contribution in [3.8, 4) is 0 Å². The molecule has 2 rings (SSSR count). The lowest BCUT2D eigenvalue weighted by Crippen LogP contribution is -1.99. The molecule has 0 atom stereocenters. The summed E-state index contributed by atoms with van der Waals surface area (Å²) in [5.41, 5.74) is 1.09. The molecular formula is C12H8ClFN2O2. The summed E-state index contributed by atoms with van der Waals surface area (Å²) in [6.07, 6.45) is 2.70. The first-order chi connectivity index (χ1) is 8.56. The third-order valence-corrected chi connectivity index (χ3v) is 2.48. The molecule has 0 radical (unpaired) electrons. The van der Waals surface area contributed by atoms with Gasteiger partial charge in [-0.1, -0.05) is 11.6 Å². The van der Waals surface area contributed by atoms with E-state index >= 15 is 0 Å². The van der Waals surface area contributed by atoms with Crippen LogP contribution in [0, 0.1) is 5.82 Å². The van der Waals surface area contributed by atoms with E-state index in [1.807, 2.05) is 0 Å². The van der Waals surface area contributed by atoms with Gasteiger partial charge in [0.15, 0.2) is 0 Å². The number of nitrogens with one attached hydrogen (secondary N) is 1. The van der Waals surface area contributed by atoms with E-state index in [9.17, 15) is 9.18 Å². The summed E-state index contributed by atoms with van der Waals surface area (Å²) in [6, 6.07) is 5.55. The number of benzene rings is 1. The molecule has 0 fully saturated rings. The van der Waals surface area contributed by atoms with Crippen LogP contribution in [-0.2, 0) is 0 Å². The van der Waals surface area contributed by atoms with E-state index in [4.69, 9.17) is 16.7 Å². The first-order valence-corrected chi connectivity index (χ1v) is 5.34. The molecule has 1 aromatic heterocycles. The second-order valence-corrected chi connectivity index (χ2v) is 3.93. The number of pyridine rings is 1. The van der Waals surface area contributed by atoms with Crippen molar-refractivity contribution in [1.29, 1.82) is 0 Å². The molecule has 2 N–H and O–H groups in total. The number of halogens is 2. The molecular weight excluding hydrogens is 259 g/mol. The molecule has 1 aromatic carbocycles. The first-order valence-electron chi connectivity index (χ1n) is 4.96. The highest BCUT2D eigenvalue weighted by atomic mass is 35.5. The van der Waals surface area contributed by atoms with Gasteiger partial charge in [-0.3, -0.25) is 4.98 Å². The van der Waals surface area contributed by atoms with Crippen LogP contribution in [0.3, 0.4) is 0 Å². The number of aromatic nitrogens is 1. The van der Waals surface area contributed by atoms with Crippen LogP contribution in [0.25, 0.3) is 0 Å². The molecule has 1 heterocycles. The molecule has 0 aliphatic rings. The van der Waals surface area contributed by atoms with E-state index in [-0.39, 0.29) is 10.6 Å². The standard InChI is InChI=1S/C12H8ClFN2O2/c13-10-4-8(1-2-11(10)14)16-9-3-7(12(17)18)5-15-6-9/h1-6,16H,(H,17,18). The maximum atomic E-state index is 13.0. The van der Waals surface area contributed by atoms with Crippen LogP contribution in [0.4, 0.5) is 15.8 Å². The van der Waals surface area contributed by atoms with Crippen molar-refractivity contribution < 1.29 is 14.3 Å². The summed E-state index contributed by atoms with van der Waals surface area (Å²) in [6.45, 7) is 0. The van der Waals surface area contributed by atoms with Gasteiger partial charge in [-0.05, 0) is 24.3 Å². The highest BCUT2D eigenvalue weighted by Crippen LogP contribution is 2.22. The van der Waals surface area contributed by atoms with Crippen LogP contribution in [0.15, 0.2) is 36.7 Å². The Kier molecular flexibility index (Phi) is 3.43. The van der Waals surface area contributed by atoms with E-state index in [1.165, 1.54) is 36.7 Å². The molecule has 92 valence electrons. The smallest absolute Gasteiger partial charge is 0.337 e. The third kappa shape index (κ3) is 2.75. The Morgan fingerprint density at radius 3 is 2.72 bits per heavy atom. The van der Waals surface area contributed by atoms with E-state index in [0.29, 0.717) is 11.4 Å². The number of nitrogens with zero attached hydrogens (tertiary/aromatic N) is 1. The summed E-state index contributed by atoms with van der Waals surface area (Å²) >= 11 is 5.64. The molecule has 0 saturated heterocycles. The second-order valence-electron chi connectivity index (χ2n) is 3.52. The van der Waals surface area contributed by atoms with Crippen LogP contribution in [0.1, 0.15) is 10.4 Å². The van der Waals surface area contributed by atoms with Crippen LogP contribution < -0.4 is 5.32 Å². The lowest BCUT2D eigenvalue weighted by atomic mass is 10.2. The van der Waals surface area contributed by atoms with Crippen LogP contribution in [-0.4, -0.2) is 16.1 Å². The Morgan fingerprint density at radius 2 is 2.06 bits per heavy atom. The SMILES string of the molecule is O=C(O)c1cncc(Nc2ccc(F)c(Cl)c2)c1. The van der Waals surface area contributed by atoms with Crippen molar-refractivity contribution in [1.82, 2.24) is 4.98 Å². The molecule has 0 spiro atoms. The van der Waals surface area contributed by atoms with Gasteiger partial charge in [0.25, 0.3) is 0 Å². The van der Waals surface area contributed by atoms with Crippen molar-refractivity contribution in [3.05, 3.63) is 53.1 Å². The molecule has 0 amide bonds. The average molecular weight is 267 g/mol. The average Bonchev–Trinajstić information content (AvgIpc) is 2.34. The number of carboxylic acid groups (broad SMARTS) is 1. The highest BCUT2D eigenvalue weighted by molar-refractivity contribution is 6.31. The van der Waals surface area contributed by atoms with Crippen molar-refractivity contribution in [2.45, 2.75) is 0 Å². The molecule has 0 bridgehead atoms. The van der Waals surface area contributed by atoms with E-state index < -0.39 is 11.8 Å². The van der Waals surface area contributed by atoms with Gasteiger partial charge < -0.3 is 10.4 Å². The maximum absolute atomic E-state index is 13.0. The Morgan fingerprint density at radius 1 is 1.28 bits per heavy atom. The Bertz CT molecular complexity index is 604. The van der Waals surface area contributed by atoms with Crippen LogP contribution in [0.5, 0.6) is 0 Å². The lowest BCUT2D eigenvalue weighted by molar-refractivity contribution is 0.0696. The van der Waals surface area contributed by atoms with E-state index in [0.717, 1.165) is 0 Å². The van der Waals surface area contributed by atoms with Crippen molar-refractivity contribution in [2.24, 2.45) is 0 Å². The monoisotopic (exact) mass is 266 g/mol. The van der Waals surface area contributed by atoms with Crippen LogP contribution >= 0.6 is 11.6 Å². The Hall–Kier alpha value is -2.14. The van der Waals surface area contributed by atoms with Gasteiger partial charge in [0, 0.05) is 11.9 Å². The molecule has 0 unspecified atom stereocenters. The number of hydrogen-bond acceptors (Lipinski definition) is 3. The summed E-state index contributed by atoms with van der Waals surface area (Å²) in [5.74, 6) is -1.58. The fourth-order valence-electron chi connectivity index (χ4n) is 1.37. The number of aromatic carboxylic acids is 1. The molecule has 6 heteroatoms. The zero-order chi connectivity index (χ0) is 13.1. The number of carbonyl (C=O) groups is 1. The predicted molar refractivity (Wildman–Crippen MR) is 65.9 cm³/mol. The zero-order valence-electron chi connectivity index (χ0n) is 9.02. The normalized spacial score (nSPS) is 10.1. The van der Waals surface area contributed by atoms with Gasteiger partial charge in [0.2, 0.25) is 0 Å². The summed E-state index contributed by atoms with van der Waals surface area (Å²) in [5, 5.41) is 11.7. The van der Waals surface area contributed by atoms with Crippen molar-refractivity contribution in [2.75, 3.05) is 5.32 Å². The summed E-state index contributed by atoms with van der Waals surface area (Å²) < 4.78 is 13.0. The maximum Gasteiger partial charge on any atom is 0.337 e. The Labute approximate surface area is 107 Å². The van der Waals surface area contributed by atoms with Gasteiger partial charge >= 0.3 is 5.97 Å². The van der Waals surface area contributed by atoms with Crippen molar-refractivity contribution in [3.63, 3.8) is 0 Å². The summed E-state index contributed by atoms with van der Waals surface area (Å²) in [7, 11) is 0. The third-order valence-electron chi connectivity index (χ3n) is 2.19. The molecule has 18 heavy (non-hydrogen) atoms. The van der Waals surface area contributed by atoms with E-state index in [2.05, 4.69) is 10.3 Å². The van der Waals surface area contributed by atoms with Gasteiger partial charge in [-0.2, -0.15) is 0 Å². The minimum absolute atomic E-state index is 0.0117. The first kappa shape index (κ1) is 12.3. The van der Waals surface area contributed by atoms with Crippen LogP contribution in [0.2, 0.25) is 5.02 Å². The van der Waals surface area contributed by atoms with E-state index in [1.54, 1.807) is 0 Å². The highest BCUT2D eigenvalue weighted by Gasteiger charge is 2.05. The molecule has 0 aliphatic heterocycles. The van der Waals surface area contributed by atoms with Gasteiger partial charge in [-0.15, -0.1) is 0 Å². The number of carboxylic acids is 1. The quantitative estimate of drug-likeness (QED) is 0.895. The van der Waals surface area contributed by atoms with Gasteiger partial charge in [-0.25, -0.2) is 9.18 Å². The van der Waals surface area contributed by atoms with Gasteiger partial charge in [0.05, 0.1) is 22.5 Å². The minimum atomic E-state index is -1.07. The predicted octanol–water partition coefficient (Wildman–Crippen LogP) is 3.32. The number of rotatable bonds is 3. The largest absolute Gasteiger partial charge is 0.478 e. The fraction of sp³-hybridized carbons (Fsp3) is 0. The number of anilines is 2. The molecule has 0 saturated carbocycles. The lowest BCUT2D eigenvalue weighted by Gasteiger charge is -2.07. The molecule has 0 aliphatic carbocycles. The molecule has 2 aromatic rings.